The van der Waals surface area contributed by atoms with E-state index in [0.717, 1.165) is 12.3 Å². The minimum atomic E-state index is -0.328. The lowest BCUT2D eigenvalue weighted by Crippen LogP contribution is -2.18. The first-order valence-electron chi connectivity index (χ1n) is 7.51. The number of benzene rings is 1. The van der Waals surface area contributed by atoms with Gasteiger partial charge in [-0.15, -0.1) is 0 Å². The smallest absolute Gasteiger partial charge is 0.335 e. The van der Waals surface area contributed by atoms with Crippen molar-refractivity contribution in [1.82, 2.24) is 0 Å². The summed E-state index contributed by atoms with van der Waals surface area (Å²) < 4.78 is 0. The van der Waals surface area contributed by atoms with Crippen molar-refractivity contribution in [3.8, 4) is 0 Å². The lowest BCUT2D eigenvalue weighted by molar-refractivity contribution is -0.145. The standard InChI is InChI=1S/C16H18Cl2N2O2/c17-12-3-4-13(14(18)8-12)16(19)20-22-15(21)7-11-6-9-1-2-10(11)5-9/h3-4,8-11H,1-2,5-7H2,(H2,19,20). The number of carbonyl (C=O) groups excluding carboxylic acids is 1. The number of nitrogens with zero attached hydrogens (tertiary/aromatic N) is 1. The van der Waals surface area contributed by atoms with Gasteiger partial charge in [-0.3, -0.25) is 0 Å². The van der Waals surface area contributed by atoms with Crippen LogP contribution in [0.1, 0.15) is 37.7 Å². The molecule has 2 aliphatic carbocycles. The molecular formula is C16H18Cl2N2O2. The van der Waals surface area contributed by atoms with Gasteiger partial charge in [-0.1, -0.05) is 34.8 Å². The fourth-order valence-electron chi connectivity index (χ4n) is 3.72. The van der Waals surface area contributed by atoms with Crippen molar-refractivity contribution in [1.29, 1.82) is 0 Å². The molecule has 0 aromatic heterocycles. The first-order valence-corrected chi connectivity index (χ1v) is 8.27. The SMILES string of the molecule is N/C(=N\OC(=O)CC1CC2CCC1C2)c1ccc(Cl)cc1Cl. The zero-order chi connectivity index (χ0) is 15.7. The lowest BCUT2D eigenvalue weighted by Gasteiger charge is -2.19. The molecular weight excluding hydrogens is 323 g/mol. The van der Waals surface area contributed by atoms with E-state index in [1.54, 1.807) is 18.2 Å². The highest BCUT2D eigenvalue weighted by Gasteiger charge is 2.40. The van der Waals surface area contributed by atoms with Gasteiger partial charge in [-0.25, -0.2) is 4.79 Å². The Morgan fingerprint density at radius 1 is 1.32 bits per heavy atom. The van der Waals surface area contributed by atoms with E-state index >= 15 is 0 Å². The lowest BCUT2D eigenvalue weighted by atomic mass is 9.86. The van der Waals surface area contributed by atoms with E-state index in [0.29, 0.717) is 33.9 Å². The maximum Gasteiger partial charge on any atom is 0.335 e. The molecule has 2 bridgehead atoms. The van der Waals surface area contributed by atoms with Crippen molar-refractivity contribution < 1.29 is 9.63 Å². The molecule has 3 rings (SSSR count). The van der Waals surface area contributed by atoms with E-state index in [1.807, 2.05) is 0 Å². The molecule has 2 aliphatic rings. The van der Waals surface area contributed by atoms with Gasteiger partial charge in [0, 0.05) is 10.6 Å². The van der Waals surface area contributed by atoms with Gasteiger partial charge in [0.2, 0.25) is 0 Å². The van der Waals surface area contributed by atoms with Crippen LogP contribution in [0, 0.1) is 17.8 Å². The average Bonchev–Trinajstić information content (AvgIpc) is 3.07. The maximum atomic E-state index is 11.9. The van der Waals surface area contributed by atoms with Crippen LogP contribution in [0.15, 0.2) is 23.4 Å². The zero-order valence-corrected chi connectivity index (χ0v) is 13.6. The Balaban J connectivity index is 1.57. The molecule has 3 unspecified atom stereocenters. The van der Waals surface area contributed by atoms with Gasteiger partial charge in [0.25, 0.3) is 0 Å². The number of fused-ring (bicyclic) bond motifs is 2. The highest BCUT2D eigenvalue weighted by Crippen LogP contribution is 2.49. The van der Waals surface area contributed by atoms with Crippen LogP contribution in [-0.4, -0.2) is 11.8 Å². The molecule has 0 amide bonds. The molecule has 0 spiro atoms. The number of carbonyl (C=O) groups is 1. The molecule has 4 nitrogen and oxygen atoms in total. The predicted octanol–water partition coefficient (Wildman–Crippen LogP) is 3.98. The normalized spacial score (nSPS) is 27.2. The molecule has 2 N–H and O–H groups in total. The maximum absolute atomic E-state index is 11.9. The zero-order valence-electron chi connectivity index (χ0n) is 12.1. The van der Waals surface area contributed by atoms with Crippen LogP contribution >= 0.6 is 23.2 Å². The van der Waals surface area contributed by atoms with Crippen molar-refractivity contribution in [2.75, 3.05) is 0 Å². The van der Waals surface area contributed by atoms with E-state index in [-0.39, 0.29) is 11.8 Å². The van der Waals surface area contributed by atoms with Crippen LogP contribution in [0.4, 0.5) is 0 Å². The second-order valence-electron chi connectivity index (χ2n) is 6.20. The molecule has 0 radical (unpaired) electrons. The number of halogens is 2. The summed E-state index contributed by atoms with van der Waals surface area (Å²) in [7, 11) is 0. The molecule has 22 heavy (non-hydrogen) atoms. The van der Waals surface area contributed by atoms with Crippen molar-refractivity contribution >= 4 is 35.0 Å². The number of nitrogens with two attached hydrogens (primary N) is 1. The van der Waals surface area contributed by atoms with Gasteiger partial charge in [-0.05, 0) is 55.2 Å². The van der Waals surface area contributed by atoms with Crippen molar-refractivity contribution in [2.24, 2.45) is 28.6 Å². The van der Waals surface area contributed by atoms with Gasteiger partial charge in [0.05, 0.1) is 11.4 Å². The van der Waals surface area contributed by atoms with Crippen LogP contribution in [-0.2, 0) is 9.63 Å². The van der Waals surface area contributed by atoms with Crippen LogP contribution < -0.4 is 5.73 Å². The summed E-state index contributed by atoms with van der Waals surface area (Å²) in [6, 6.07) is 4.87. The molecule has 118 valence electrons. The first-order chi connectivity index (χ1) is 10.5. The monoisotopic (exact) mass is 340 g/mol. The topological polar surface area (TPSA) is 64.7 Å². The predicted molar refractivity (Wildman–Crippen MR) is 86.8 cm³/mol. The Kier molecular flexibility index (Phi) is 4.59. The summed E-state index contributed by atoms with van der Waals surface area (Å²) in [6.07, 6.45) is 5.39. The minimum Gasteiger partial charge on any atom is -0.380 e. The van der Waals surface area contributed by atoms with Gasteiger partial charge in [0.1, 0.15) is 0 Å². The van der Waals surface area contributed by atoms with Crippen molar-refractivity contribution in [3.05, 3.63) is 33.8 Å². The summed E-state index contributed by atoms with van der Waals surface area (Å²) in [5.74, 6) is 1.68. The summed E-state index contributed by atoms with van der Waals surface area (Å²) in [5.41, 5.74) is 6.31. The Hall–Kier alpha value is -1.26. The highest BCUT2D eigenvalue weighted by atomic mass is 35.5. The molecule has 6 heteroatoms. The van der Waals surface area contributed by atoms with Crippen LogP contribution in [0.2, 0.25) is 10.0 Å². The molecule has 2 fully saturated rings. The van der Waals surface area contributed by atoms with Crippen LogP contribution in [0.5, 0.6) is 0 Å². The van der Waals surface area contributed by atoms with Crippen LogP contribution in [0.3, 0.4) is 0 Å². The van der Waals surface area contributed by atoms with Gasteiger partial charge in [-0.2, -0.15) is 0 Å². The second kappa shape index (κ2) is 6.47. The molecule has 0 saturated heterocycles. The third-order valence-corrected chi connectivity index (χ3v) is 5.31. The Morgan fingerprint density at radius 2 is 2.14 bits per heavy atom. The summed E-state index contributed by atoms with van der Waals surface area (Å²) in [6.45, 7) is 0. The van der Waals surface area contributed by atoms with E-state index in [4.69, 9.17) is 33.8 Å². The molecule has 0 aliphatic heterocycles. The number of hydrogen-bond donors (Lipinski definition) is 1. The van der Waals surface area contributed by atoms with E-state index in [2.05, 4.69) is 5.16 Å². The third-order valence-electron chi connectivity index (χ3n) is 4.77. The average molecular weight is 341 g/mol. The van der Waals surface area contributed by atoms with Gasteiger partial charge < -0.3 is 10.6 Å². The summed E-state index contributed by atoms with van der Waals surface area (Å²) in [5, 5.41) is 4.59. The summed E-state index contributed by atoms with van der Waals surface area (Å²) >= 11 is 11.9. The Bertz CT molecular complexity index is 618. The molecule has 0 heterocycles. The number of amidine groups is 1. The largest absolute Gasteiger partial charge is 0.380 e. The first kappa shape index (κ1) is 15.6. The number of hydrogen-bond acceptors (Lipinski definition) is 3. The number of oxime groups is 1. The molecule has 1 aromatic rings. The fraction of sp³-hybridized carbons (Fsp3) is 0.500. The highest BCUT2D eigenvalue weighted by molar-refractivity contribution is 6.36. The Morgan fingerprint density at radius 3 is 2.77 bits per heavy atom. The van der Waals surface area contributed by atoms with E-state index in [1.165, 1.54) is 19.3 Å². The second-order valence-corrected chi connectivity index (χ2v) is 7.05. The third kappa shape index (κ3) is 3.39. The number of rotatable bonds is 4. The molecule has 2 saturated carbocycles. The summed E-state index contributed by atoms with van der Waals surface area (Å²) in [4.78, 5) is 16.9. The van der Waals surface area contributed by atoms with Crippen molar-refractivity contribution in [3.63, 3.8) is 0 Å². The van der Waals surface area contributed by atoms with E-state index < -0.39 is 0 Å². The Labute approximate surface area is 139 Å². The van der Waals surface area contributed by atoms with Gasteiger partial charge >= 0.3 is 5.97 Å². The minimum absolute atomic E-state index is 0.0722. The van der Waals surface area contributed by atoms with E-state index in [9.17, 15) is 4.79 Å². The molecule has 3 atom stereocenters. The van der Waals surface area contributed by atoms with Gasteiger partial charge in [0.15, 0.2) is 5.84 Å². The van der Waals surface area contributed by atoms with Crippen molar-refractivity contribution in [2.45, 2.75) is 32.1 Å². The fourth-order valence-corrected chi connectivity index (χ4v) is 4.23. The quantitative estimate of drug-likeness (QED) is 0.390. The molecule has 1 aromatic carbocycles. The van der Waals surface area contributed by atoms with Crippen LogP contribution in [0.25, 0.3) is 0 Å².